The van der Waals surface area contributed by atoms with Crippen LogP contribution < -0.4 is 24.8 Å². The number of carbonyl (C=O) groups is 4. The maximum absolute atomic E-state index is 14.6. The number of nitrogens with zero attached hydrogens (tertiary/aromatic N) is 2. The fourth-order valence-electron chi connectivity index (χ4n) is 7.20. The Bertz CT molecular complexity index is 2160. The van der Waals surface area contributed by atoms with Crippen molar-refractivity contribution in [3.05, 3.63) is 54.6 Å². The normalized spacial score (nSPS) is 27.1. The number of carbonyl (C=O) groups excluding carboxylic acids is 4. The Labute approximate surface area is 323 Å². The lowest BCUT2D eigenvalue weighted by Crippen LogP contribution is -2.60. The number of aromatic nitrogens is 1. The average molecular weight is 798 g/mol. The minimum absolute atomic E-state index is 0.0358. The van der Waals surface area contributed by atoms with E-state index >= 15 is 0 Å². The molecule has 17 heteroatoms. The van der Waals surface area contributed by atoms with Gasteiger partial charge in [0.15, 0.2) is 0 Å². The number of para-hydroxylation sites is 1. The SMILES string of the molecule is C[C@@H]1COC(=O)N[C@@H](C(C)(C)C)C(=O)N2CC(C[C@H]2C(=O)NC2(C(=O)NS(=O)(=O)C3CC3)C[C@H]2C(F)F)Oc2nc3ccccc3cc2-c2cccc(c2)OC1. The van der Waals surface area contributed by atoms with Crippen molar-refractivity contribution in [3.8, 4) is 22.8 Å². The molecule has 1 saturated heterocycles. The molecule has 6 atom stereocenters. The molecule has 0 radical (unpaired) electrons. The van der Waals surface area contributed by atoms with E-state index in [0.29, 0.717) is 35.2 Å². The Morgan fingerprint density at radius 1 is 1.04 bits per heavy atom. The Hall–Kier alpha value is -5.06. The summed E-state index contributed by atoms with van der Waals surface area (Å²) in [6.07, 6.45) is -4.84. The van der Waals surface area contributed by atoms with Crippen molar-refractivity contribution in [1.29, 1.82) is 0 Å². The Kier molecular flexibility index (Phi) is 10.3. The van der Waals surface area contributed by atoms with Crippen LogP contribution in [0.1, 0.15) is 53.4 Å². The van der Waals surface area contributed by atoms with Crippen LogP contribution in [0.25, 0.3) is 22.0 Å². The first-order valence-electron chi connectivity index (χ1n) is 18.6. The molecule has 4 aliphatic rings. The number of hydrogen-bond donors (Lipinski definition) is 3. The largest absolute Gasteiger partial charge is 0.493 e. The fourth-order valence-corrected chi connectivity index (χ4v) is 8.56. The van der Waals surface area contributed by atoms with Crippen molar-refractivity contribution in [2.45, 2.75) is 88.8 Å². The quantitative estimate of drug-likeness (QED) is 0.328. The Balaban J connectivity index is 1.27. The number of alkyl halides is 2. The van der Waals surface area contributed by atoms with Gasteiger partial charge in [-0.05, 0) is 54.5 Å². The minimum atomic E-state index is -4.14. The number of amides is 4. The van der Waals surface area contributed by atoms with E-state index in [9.17, 15) is 36.4 Å². The van der Waals surface area contributed by atoms with Crippen molar-refractivity contribution in [1.82, 2.24) is 25.2 Å². The van der Waals surface area contributed by atoms with Crippen molar-refractivity contribution in [3.63, 3.8) is 0 Å². The minimum Gasteiger partial charge on any atom is -0.493 e. The number of nitrogens with one attached hydrogen (secondary N) is 3. The van der Waals surface area contributed by atoms with Gasteiger partial charge in [-0.15, -0.1) is 0 Å². The second-order valence-corrected chi connectivity index (χ2v) is 18.2. The molecule has 1 aromatic heterocycles. The lowest BCUT2D eigenvalue weighted by molar-refractivity contribution is -0.143. The van der Waals surface area contributed by atoms with Gasteiger partial charge in [-0.2, -0.15) is 0 Å². The molecule has 0 spiro atoms. The topological polar surface area (TPSA) is 182 Å². The van der Waals surface area contributed by atoms with Crippen LogP contribution in [0.5, 0.6) is 11.6 Å². The third-order valence-corrected chi connectivity index (χ3v) is 12.5. The predicted octanol–water partition coefficient (Wildman–Crippen LogP) is 4.17. The van der Waals surface area contributed by atoms with Gasteiger partial charge in [0.05, 0.1) is 36.4 Å². The van der Waals surface area contributed by atoms with Crippen LogP contribution in [-0.4, -0.2) is 97.3 Å². The molecular formula is C39H45F2N5O9S. The standard InChI is InChI=1S/C39H45F2N5O9S/c1-21-19-53-24-10-7-9-22(14-24)27-15-23-8-5-6-11-29(23)42-34(27)55-25-16-30(46(18-25)35(48)31(38(2,3)4)43-37(50)54-20-21)33(47)44-39(17-28(39)32(40)41)36(49)45-56(51,52)26-12-13-26/h5-11,14-15,21,25-26,28,30-32H,12-13,16-20H2,1-4H3,(H,43,50)(H,44,47)(H,45,49)/t21-,25?,28-,30-,31+,39?/m0/s1. The molecule has 3 fully saturated rings. The lowest BCUT2D eigenvalue weighted by atomic mass is 9.85. The Morgan fingerprint density at radius 3 is 2.46 bits per heavy atom. The van der Waals surface area contributed by atoms with Crippen LogP contribution in [0.2, 0.25) is 0 Å². The molecule has 7 rings (SSSR count). The van der Waals surface area contributed by atoms with Crippen molar-refractivity contribution >= 4 is 44.7 Å². The highest BCUT2D eigenvalue weighted by Gasteiger charge is 2.67. The molecule has 2 aromatic carbocycles. The third-order valence-electron chi connectivity index (χ3n) is 10.6. The van der Waals surface area contributed by atoms with Gasteiger partial charge in [0.25, 0.3) is 5.91 Å². The summed E-state index contributed by atoms with van der Waals surface area (Å²) in [6.45, 7) is 6.96. The van der Waals surface area contributed by atoms with Crippen molar-refractivity contribution < 1.29 is 50.6 Å². The number of halogens is 2. The van der Waals surface area contributed by atoms with Gasteiger partial charge in [-0.1, -0.05) is 58.0 Å². The molecule has 3 heterocycles. The van der Waals surface area contributed by atoms with Crippen LogP contribution in [-0.2, 0) is 29.1 Å². The average Bonchev–Trinajstić information content (AvgIpc) is 4.08. The van der Waals surface area contributed by atoms with E-state index in [1.807, 2.05) is 60.2 Å². The summed E-state index contributed by atoms with van der Waals surface area (Å²) in [5.74, 6) is -4.07. The highest BCUT2D eigenvalue weighted by Crippen LogP contribution is 2.48. The first kappa shape index (κ1) is 39.2. The summed E-state index contributed by atoms with van der Waals surface area (Å²) in [5.41, 5.74) is -1.23. The van der Waals surface area contributed by atoms with Crippen LogP contribution in [0.15, 0.2) is 54.6 Å². The maximum Gasteiger partial charge on any atom is 0.407 e. The summed E-state index contributed by atoms with van der Waals surface area (Å²) in [6, 6.07) is 14.0. The summed E-state index contributed by atoms with van der Waals surface area (Å²) < 4.78 is 73.7. The molecule has 2 aliphatic heterocycles. The zero-order valence-electron chi connectivity index (χ0n) is 31.4. The second-order valence-electron chi connectivity index (χ2n) is 16.3. The molecular weight excluding hydrogens is 753 g/mol. The second kappa shape index (κ2) is 14.8. The molecule has 14 nitrogen and oxygen atoms in total. The van der Waals surface area contributed by atoms with Gasteiger partial charge >= 0.3 is 6.09 Å². The van der Waals surface area contributed by atoms with E-state index in [2.05, 4.69) is 10.6 Å². The monoisotopic (exact) mass is 797 g/mol. The van der Waals surface area contributed by atoms with Gasteiger partial charge in [-0.25, -0.2) is 27.0 Å². The maximum atomic E-state index is 14.6. The van der Waals surface area contributed by atoms with Gasteiger partial charge in [0.2, 0.25) is 34.1 Å². The highest BCUT2D eigenvalue weighted by molar-refractivity contribution is 7.91. The van der Waals surface area contributed by atoms with Gasteiger partial charge < -0.3 is 29.7 Å². The van der Waals surface area contributed by atoms with E-state index in [4.69, 9.17) is 19.2 Å². The first-order chi connectivity index (χ1) is 26.4. The number of ether oxygens (including phenoxy) is 3. The molecule has 2 saturated carbocycles. The summed E-state index contributed by atoms with van der Waals surface area (Å²) in [7, 11) is -4.14. The van der Waals surface area contributed by atoms with E-state index in [-0.39, 0.29) is 38.0 Å². The lowest BCUT2D eigenvalue weighted by Gasteiger charge is -2.35. The van der Waals surface area contributed by atoms with Crippen LogP contribution in [0, 0.1) is 17.3 Å². The van der Waals surface area contributed by atoms with Gasteiger partial charge in [0, 0.05) is 23.3 Å². The van der Waals surface area contributed by atoms with Crippen molar-refractivity contribution in [2.75, 3.05) is 19.8 Å². The summed E-state index contributed by atoms with van der Waals surface area (Å²) in [4.78, 5) is 61.5. The molecule has 4 amide bonds. The van der Waals surface area contributed by atoms with E-state index in [1.165, 1.54) is 4.90 Å². The molecule has 2 aliphatic carbocycles. The van der Waals surface area contributed by atoms with Crippen LogP contribution >= 0.6 is 0 Å². The fraction of sp³-hybridized carbons (Fsp3) is 0.513. The molecule has 3 N–H and O–H groups in total. The van der Waals surface area contributed by atoms with E-state index in [1.54, 1.807) is 26.8 Å². The highest BCUT2D eigenvalue weighted by atomic mass is 32.2. The van der Waals surface area contributed by atoms with Crippen LogP contribution in [0.3, 0.4) is 0 Å². The summed E-state index contributed by atoms with van der Waals surface area (Å²) in [5, 5.41) is 5.09. The Morgan fingerprint density at radius 2 is 1.77 bits per heavy atom. The van der Waals surface area contributed by atoms with Gasteiger partial charge in [0.1, 0.15) is 29.5 Å². The first-order valence-corrected chi connectivity index (χ1v) is 20.2. The molecule has 3 aromatic rings. The number of cyclic esters (lactones) is 1. The van der Waals surface area contributed by atoms with Crippen LogP contribution in [0.4, 0.5) is 13.6 Å². The summed E-state index contributed by atoms with van der Waals surface area (Å²) >= 11 is 0. The number of pyridine rings is 1. The smallest absolute Gasteiger partial charge is 0.407 e. The number of rotatable bonds is 6. The van der Waals surface area contributed by atoms with Gasteiger partial charge in [-0.3, -0.25) is 19.1 Å². The number of fused-ring (bicyclic) bond motifs is 7. The van der Waals surface area contributed by atoms with Crippen molar-refractivity contribution in [2.24, 2.45) is 17.3 Å². The van der Waals surface area contributed by atoms with E-state index in [0.717, 1.165) is 5.39 Å². The molecule has 300 valence electrons. The number of hydrogen-bond acceptors (Lipinski definition) is 10. The molecule has 2 unspecified atom stereocenters. The zero-order valence-corrected chi connectivity index (χ0v) is 32.2. The molecule has 56 heavy (non-hydrogen) atoms. The predicted molar refractivity (Wildman–Crippen MR) is 199 cm³/mol. The third kappa shape index (κ3) is 8.09. The van der Waals surface area contributed by atoms with E-state index < -0.39 is 87.0 Å². The number of sulfonamides is 1. The number of alkyl carbamates (subject to hydrolysis) is 1. The molecule has 4 bridgehead atoms. The number of benzene rings is 2. The zero-order chi connectivity index (χ0) is 40.2.